The van der Waals surface area contributed by atoms with E-state index in [1.54, 1.807) is 0 Å². The number of carbonyl (C=O) groups is 3. The van der Waals surface area contributed by atoms with Crippen LogP contribution in [0.1, 0.15) is 303 Å². The van der Waals surface area contributed by atoms with Crippen LogP contribution in [0.4, 0.5) is 0 Å². The molecule has 69 heavy (non-hydrogen) atoms. The Labute approximate surface area is 428 Å². The fourth-order valence-corrected chi connectivity index (χ4v) is 8.55. The summed E-state index contributed by atoms with van der Waals surface area (Å²) in [6, 6.07) is 0. The lowest BCUT2D eigenvalue weighted by molar-refractivity contribution is -0.167. The zero-order valence-electron chi connectivity index (χ0n) is 45.8. The molecule has 0 rings (SSSR count). The largest absolute Gasteiger partial charge is 0.462 e. The third-order valence-corrected chi connectivity index (χ3v) is 13.0. The second kappa shape index (κ2) is 57.7. The average molecular weight is 966 g/mol. The molecule has 0 amide bonds. The average Bonchev–Trinajstić information content (AvgIpc) is 3.35. The smallest absolute Gasteiger partial charge is 0.306 e. The molecule has 0 radical (unpaired) electrons. The first kappa shape index (κ1) is 66.1. The number of ether oxygens (including phenoxy) is 3. The van der Waals surface area contributed by atoms with E-state index >= 15 is 0 Å². The van der Waals surface area contributed by atoms with Gasteiger partial charge in [0.2, 0.25) is 0 Å². The third-order valence-electron chi connectivity index (χ3n) is 13.0. The van der Waals surface area contributed by atoms with Gasteiger partial charge in [-0.1, -0.05) is 261 Å². The summed E-state index contributed by atoms with van der Waals surface area (Å²) < 4.78 is 16.8. The standard InChI is InChI=1S/C63H112O6/c1-4-7-10-13-16-19-22-25-28-29-30-31-32-33-34-36-38-41-44-47-50-53-56-62(65)68-59-60(58-67-61(64)55-52-49-46-43-40-37-27-24-21-18-15-12-9-6-3)69-63(66)57-54-51-48-45-42-39-35-26-23-20-17-14-11-8-5-2/h8,11,17,20,24,26-27,35,42,45,60H,4-7,9-10,12-16,18-19,21-23,25,28-34,36-41,43-44,46-59H2,1-3H3/b11-8-,20-17-,27-24-,35-26-,45-42-. The van der Waals surface area contributed by atoms with Crippen molar-refractivity contribution in [2.45, 2.75) is 309 Å². The molecule has 0 aliphatic carbocycles. The van der Waals surface area contributed by atoms with Gasteiger partial charge in [-0.2, -0.15) is 0 Å². The molecule has 0 N–H and O–H groups in total. The van der Waals surface area contributed by atoms with Crippen LogP contribution in [0.25, 0.3) is 0 Å². The lowest BCUT2D eigenvalue weighted by Gasteiger charge is -2.18. The lowest BCUT2D eigenvalue weighted by atomic mass is 10.0. The number of esters is 3. The van der Waals surface area contributed by atoms with Crippen molar-refractivity contribution in [1.82, 2.24) is 0 Å². The van der Waals surface area contributed by atoms with E-state index in [1.807, 2.05) is 0 Å². The quantitative estimate of drug-likeness (QED) is 0.0262. The van der Waals surface area contributed by atoms with Gasteiger partial charge in [-0.05, 0) is 83.5 Å². The number of hydrogen-bond donors (Lipinski definition) is 0. The van der Waals surface area contributed by atoms with Gasteiger partial charge < -0.3 is 14.2 Å². The number of carbonyl (C=O) groups excluding carboxylic acids is 3. The molecule has 1 unspecified atom stereocenters. The second-order valence-corrected chi connectivity index (χ2v) is 19.9. The Bertz CT molecular complexity index is 1250. The summed E-state index contributed by atoms with van der Waals surface area (Å²) in [5.74, 6) is -0.929. The van der Waals surface area contributed by atoms with Gasteiger partial charge in [0.05, 0.1) is 0 Å². The first-order chi connectivity index (χ1) is 34.0. The highest BCUT2D eigenvalue weighted by molar-refractivity contribution is 5.71. The van der Waals surface area contributed by atoms with Gasteiger partial charge in [-0.3, -0.25) is 14.4 Å². The summed E-state index contributed by atoms with van der Waals surface area (Å²) in [6.45, 7) is 6.51. The molecule has 6 nitrogen and oxygen atoms in total. The maximum absolute atomic E-state index is 12.8. The lowest BCUT2D eigenvalue weighted by Crippen LogP contribution is -2.30. The molecule has 0 aromatic heterocycles. The van der Waals surface area contributed by atoms with E-state index in [4.69, 9.17) is 14.2 Å². The predicted molar refractivity (Wildman–Crippen MR) is 298 cm³/mol. The summed E-state index contributed by atoms with van der Waals surface area (Å²) in [4.78, 5) is 38.1. The molecular weight excluding hydrogens is 853 g/mol. The maximum atomic E-state index is 12.8. The second-order valence-electron chi connectivity index (χ2n) is 19.9. The fraction of sp³-hybridized carbons (Fsp3) is 0.794. The van der Waals surface area contributed by atoms with Crippen molar-refractivity contribution in [3.63, 3.8) is 0 Å². The molecule has 0 heterocycles. The van der Waals surface area contributed by atoms with Gasteiger partial charge in [0.1, 0.15) is 13.2 Å². The highest BCUT2D eigenvalue weighted by Crippen LogP contribution is 2.17. The number of allylic oxidation sites excluding steroid dienone is 10. The molecule has 0 saturated carbocycles. The molecule has 0 bridgehead atoms. The Kier molecular flexibility index (Phi) is 55.3. The summed E-state index contributed by atoms with van der Waals surface area (Å²) in [5, 5.41) is 0. The van der Waals surface area contributed by atoms with E-state index in [-0.39, 0.29) is 37.5 Å². The Hall–Kier alpha value is -2.89. The van der Waals surface area contributed by atoms with Crippen LogP contribution in [0.15, 0.2) is 60.8 Å². The predicted octanol–water partition coefficient (Wildman–Crippen LogP) is 20.0. The fourth-order valence-electron chi connectivity index (χ4n) is 8.55. The van der Waals surface area contributed by atoms with Gasteiger partial charge in [-0.25, -0.2) is 0 Å². The molecule has 1 atom stereocenters. The van der Waals surface area contributed by atoms with Gasteiger partial charge in [-0.15, -0.1) is 0 Å². The van der Waals surface area contributed by atoms with Crippen molar-refractivity contribution in [3.05, 3.63) is 60.8 Å². The number of unbranched alkanes of at least 4 members (excludes halogenated alkanes) is 33. The highest BCUT2D eigenvalue weighted by Gasteiger charge is 2.19. The van der Waals surface area contributed by atoms with Crippen LogP contribution in [0.3, 0.4) is 0 Å². The molecule has 0 aliphatic rings. The van der Waals surface area contributed by atoms with E-state index in [1.165, 1.54) is 173 Å². The highest BCUT2D eigenvalue weighted by atomic mass is 16.6. The van der Waals surface area contributed by atoms with Crippen molar-refractivity contribution < 1.29 is 28.6 Å². The number of rotatable bonds is 54. The minimum absolute atomic E-state index is 0.0909. The van der Waals surface area contributed by atoms with Crippen LogP contribution < -0.4 is 0 Å². The summed E-state index contributed by atoms with van der Waals surface area (Å²) in [5.41, 5.74) is 0. The zero-order valence-corrected chi connectivity index (χ0v) is 45.8. The molecule has 0 aromatic carbocycles. The zero-order chi connectivity index (χ0) is 50.0. The monoisotopic (exact) mass is 965 g/mol. The first-order valence-corrected chi connectivity index (χ1v) is 29.8. The third kappa shape index (κ3) is 55.9. The Balaban J connectivity index is 4.34. The normalized spacial score (nSPS) is 12.4. The summed E-state index contributed by atoms with van der Waals surface area (Å²) in [7, 11) is 0. The Morgan fingerprint density at radius 3 is 0.928 bits per heavy atom. The number of hydrogen-bond acceptors (Lipinski definition) is 6. The molecule has 6 heteroatoms. The Morgan fingerprint density at radius 1 is 0.304 bits per heavy atom. The van der Waals surface area contributed by atoms with Crippen LogP contribution in [0, 0.1) is 0 Å². The van der Waals surface area contributed by atoms with Gasteiger partial charge in [0, 0.05) is 19.3 Å². The van der Waals surface area contributed by atoms with Crippen LogP contribution >= 0.6 is 0 Å². The maximum Gasteiger partial charge on any atom is 0.306 e. The molecule has 0 aromatic rings. The van der Waals surface area contributed by atoms with Crippen LogP contribution in [0.5, 0.6) is 0 Å². The summed E-state index contributed by atoms with van der Waals surface area (Å²) in [6.07, 6.45) is 72.3. The van der Waals surface area contributed by atoms with Crippen LogP contribution in [0.2, 0.25) is 0 Å². The molecule has 0 fully saturated rings. The van der Waals surface area contributed by atoms with Gasteiger partial charge >= 0.3 is 17.9 Å². The van der Waals surface area contributed by atoms with Gasteiger partial charge in [0.15, 0.2) is 6.10 Å². The van der Waals surface area contributed by atoms with E-state index in [9.17, 15) is 14.4 Å². The van der Waals surface area contributed by atoms with Crippen LogP contribution in [-0.2, 0) is 28.6 Å². The topological polar surface area (TPSA) is 78.9 Å². The molecule has 0 saturated heterocycles. The van der Waals surface area contributed by atoms with Crippen molar-refractivity contribution in [1.29, 1.82) is 0 Å². The SMILES string of the molecule is CC/C=C\C/C=C\C/C=C\C/C=C\CCCCC(=O)OC(COC(=O)CCCCCCC/C=C\CCCCCCC)COC(=O)CCCCCCCCCCCCCCCCCCCCCCCC. The van der Waals surface area contributed by atoms with Crippen molar-refractivity contribution in [3.8, 4) is 0 Å². The molecular formula is C63H112O6. The van der Waals surface area contributed by atoms with Crippen molar-refractivity contribution >= 4 is 17.9 Å². The molecule has 0 aliphatic heterocycles. The first-order valence-electron chi connectivity index (χ1n) is 29.8. The van der Waals surface area contributed by atoms with E-state index < -0.39 is 6.10 Å². The van der Waals surface area contributed by atoms with E-state index in [2.05, 4.69) is 81.5 Å². The summed E-state index contributed by atoms with van der Waals surface area (Å²) >= 11 is 0. The van der Waals surface area contributed by atoms with E-state index in [0.29, 0.717) is 19.3 Å². The minimum atomic E-state index is -0.798. The molecule has 400 valence electrons. The van der Waals surface area contributed by atoms with Crippen LogP contribution in [-0.4, -0.2) is 37.2 Å². The van der Waals surface area contributed by atoms with Gasteiger partial charge in [0.25, 0.3) is 0 Å². The van der Waals surface area contributed by atoms with E-state index in [0.717, 1.165) is 83.5 Å². The Morgan fingerprint density at radius 2 is 0.565 bits per heavy atom. The molecule has 0 spiro atoms. The van der Waals surface area contributed by atoms with Crippen molar-refractivity contribution in [2.24, 2.45) is 0 Å². The minimum Gasteiger partial charge on any atom is -0.462 e. The van der Waals surface area contributed by atoms with Crippen molar-refractivity contribution in [2.75, 3.05) is 13.2 Å².